The minimum Gasteiger partial charge on any atom is -0.464 e. The number of hydrogen-bond donors (Lipinski definition) is 0. The Bertz CT molecular complexity index is 1060. The number of hydrogen-bond acceptors (Lipinski definition) is 3. The van der Waals surface area contributed by atoms with Gasteiger partial charge in [-0.05, 0) is 24.3 Å². The summed E-state index contributed by atoms with van der Waals surface area (Å²) in [6, 6.07) is 9.99. The third-order valence-electron chi connectivity index (χ3n) is 3.71. The van der Waals surface area contributed by atoms with Crippen LogP contribution >= 0.6 is 0 Å². The zero-order valence-electron chi connectivity index (χ0n) is 9.84. The van der Waals surface area contributed by atoms with E-state index in [-0.39, 0.29) is 0 Å². The Morgan fingerprint density at radius 3 is 2.11 bits per heavy atom. The predicted molar refractivity (Wildman–Crippen MR) is 73.3 cm³/mol. The summed E-state index contributed by atoms with van der Waals surface area (Å²) in [6.45, 7) is 0. The topological polar surface area (TPSA) is 39.4 Å². The van der Waals surface area contributed by atoms with Crippen LogP contribution in [-0.4, -0.2) is 0 Å². The van der Waals surface area contributed by atoms with Crippen LogP contribution in [0.2, 0.25) is 0 Å². The molecule has 0 aliphatic rings. The second kappa shape index (κ2) is 3.01. The Morgan fingerprint density at radius 2 is 1.21 bits per heavy atom. The van der Waals surface area contributed by atoms with Gasteiger partial charge in [0.2, 0.25) is 0 Å². The molecule has 5 rings (SSSR count). The van der Waals surface area contributed by atoms with E-state index in [1.54, 1.807) is 18.8 Å². The summed E-state index contributed by atoms with van der Waals surface area (Å²) in [7, 11) is 0. The van der Waals surface area contributed by atoms with E-state index in [9.17, 15) is 0 Å². The van der Waals surface area contributed by atoms with E-state index >= 15 is 0 Å². The smallest absolute Gasteiger partial charge is 0.146 e. The number of fused-ring (bicyclic) bond motifs is 8. The molecule has 0 amide bonds. The average molecular weight is 248 g/mol. The summed E-state index contributed by atoms with van der Waals surface area (Å²) in [5.74, 6) is 0. The van der Waals surface area contributed by atoms with Crippen LogP contribution in [0.5, 0.6) is 0 Å². The summed E-state index contributed by atoms with van der Waals surface area (Å²) in [5, 5.41) is 5.19. The molecular weight excluding hydrogens is 240 g/mol. The minimum atomic E-state index is 0.843. The molecule has 0 aliphatic carbocycles. The predicted octanol–water partition coefficient (Wildman–Crippen LogP) is 5.08. The highest BCUT2D eigenvalue weighted by Crippen LogP contribution is 2.39. The van der Waals surface area contributed by atoms with Gasteiger partial charge in [-0.1, -0.05) is 6.07 Å². The first-order chi connectivity index (χ1) is 9.43. The van der Waals surface area contributed by atoms with Crippen molar-refractivity contribution in [3.63, 3.8) is 0 Å². The van der Waals surface area contributed by atoms with Crippen molar-refractivity contribution in [2.75, 3.05) is 0 Å². The second-order valence-electron chi connectivity index (χ2n) is 4.65. The largest absolute Gasteiger partial charge is 0.464 e. The third kappa shape index (κ3) is 0.993. The fraction of sp³-hybridized carbons (Fsp3) is 0. The molecule has 19 heavy (non-hydrogen) atoms. The molecule has 0 atom stereocenters. The van der Waals surface area contributed by atoms with Gasteiger partial charge >= 0.3 is 0 Å². The van der Waals surface area contributed by atoms with Gasteiger partial charge in [-0.3, -0.25) is 0 Å². The van der Waals surface area contributed by atoms with Gasteiger partial charge in [0.15, 0.2) is 0 Å². The van der Waals surface area contributed by atoms with E-state index in [1.807, 2.05) is 24.3 Å². The van der Waals surface area contributed by atoms with Crippen molar-refractivity contribution >= 4 is 43.7 Å². The van der Waals surface area contributed by atoms with Crippen molar-refractivity contribution in [1.29, 1.82) is 0 Å². The molecule has 0 bridgehead atoms. The molecule has 0 aliphatic heterocycles. The Kier molecular flexibility index (Phi) is 1.47. The van der Waals surface area contributed by atoms with Crippen LogP contribution < -0.4 is 0 Å². The average Bonchev–Trinajstić information content (AvgIpc) is 3.17. The molecule has 0 saturated carbocycles. The summed E-state index contributed by atoms with van der Waals surface area (Å²) < 4.78 is 17.0. The lowest BCUT2D eigenvalue weighted by atomic mass is 10.0. The highest BCUT2D eigenvalue weighted by atomic mass is 16.3. The van der Waals surface area contributed by atoms with Crippen LogP contribution in [0.25, 0.3) is 43.7 Å². The molecule has 3 nitrogen and oxygen atoms in total. The first-order valence-corrected chi connectivity index (χ1v) is 6.10. The second-order valence-corrected chi connectivity index (χ2v) is 4.65. The van der Waals surface area contributed by atoms with Gasteiger partial charge in [0, 0.05) is 21.5 Å². The molecule has 2 aromatic carbocycles. The maximum absolute atomic E-state index is 5.68. The maximum atomic E-state index is 5.68. The van der Waals surface area contributed by atoms with E-state index in [4.69, 9.17) is 13.3 Å². The minimum absolute atomic E-state index is 0.843. The molecule has 3 heterocycles. The molecule has 0 radical (unpaired) electrons. The molecular formula is C16H8O3. The van der Waals surface area contributed by atoms with E-state index in [0.717, 1.165) is 43.7 Å². The third-order valence-corrected chi connectivity index (χ3v) is 3.71. The maximum Gasteiger partial charge on any atom is 0.146 e. The van der Waals surface area contributed by atoms with E-state index in [2.05, 4.69) is 6.07 Å². The number of furan rings is 3. The van der Waals surface area contributed by atoms with Crippen molar-refractivity contribution in [3.05, 3.63) is 49.1 Å². The van der Waals surface area contributed by atoms with Crippen molar-refractivity contribution in [2.45, 2.75) is 0 Å². The van der Waals surface area contributed by atoms with Crippen LogP contribution in [-0.2, 0) is 0 Å². The highest BCUT2D eigenvalue weighted by Gasteiger charge is 2.16. The summed E-state index contributed by atoms with van der Waals surface area (Å²) in [5.41, 5.74) is 2.57. The van der Waals surface area contributed by atoms with Crippen molar-refractivity contribution in [1.82, 2.24) is 0 Å². The Hall–Kier alpha value is -2.68. The molecule has 3 heteroatoms. The molecule has 90 valence electrons. The monoisotopic (exact) mass is 248 g/mol. The van der Waals surface area contributed by atoms with Gasteiger partial charge in [-0.15, -0.1) is 0 Å². The van der Waals surface area contributed by atoms with Crippen molar-refractivity contribution in [3.8, 4) is 0 Å². The summed E-state index contributed by atoms with van der Waals surface area (Å²) in [4.78, 5) is 0. The normalized spacial score (nSPS) is 12.2. The van der Waals surface area contributed by atoms with E-state index in [1.165, 1.54) is 0 Å². The lowest BCUT2D eigenvalue weighted by Crippen LogP contribution is -1.77. The summed E-state index contributed by atoms with van der Waals surface area (Å²) >= 11 is 0. The van der Waals surface area contributed by atoms with Gasteiger partial charge in [0.1, 0.15) is 16.7 Å². The number of benzene rings is 2. The molecule has 3 aromatic heterocycles. The molecule has 0 saturated heterocycles. The standard InChI is InChI=1S/C16H8O3/c1-2-12-13(14-9(1)3-6-17-14)16-11(5-8-19-16)10-4-7-18-15(10)12/h1-8H. The van der Waals surface area contributed by atoms with Gasteiger partial charge < -0.3 is 13.3 Å². The van der Waals surface area contributed by atoms with Crippen molar-refractivity contribution < 1.29 is 13.3 Å². The molecule has 0 unspecified atom stereocenters. The number of rotatable bonds is 0. The Balaban J connectivity index is 2.30. The molecule has 0 fully saturated rings. The molecule has 0 spiro atoms. The lowest BCUT2D eigenvalue weighted by molar-refractivity contribution is 0.609. The van der Waals surface area contributed by atoms with Crippen LogP contribution in [0, 0.1) is 0 Å². The van der Waals surface area contributed by atoms with E-state index < -0.39 is 0 Å². The Morgan fingerprint density at radius 1 is 0.526 bits per heavy atom. The van der Waals surface area contributed by atoms with Crippen LogP contribution in [0.1, 0.15) is 0 Å². The zero-order valence-corrected chi connectivity index (χ0v) is 9.84. The fourth-order valence-electron chi connectivity index (χ4n) is 2.89. The van der Waals surface area contributed by atoms with Gasteiger partial charge in [-0.25, -0.2) is 0 Å². The highest BCUT2D eigenvalue weighted by molar-refractivity contribution is 6.27. The van der Waals surface area contributed by atoms with Gasteiger partial charge in [0.05, 0.1) is 24.2 Å². The zero-order chi connectivity index (χ0) is 12.4. The SMILES string of the molecule is c1cc2c3ccoc3c3c(ccc4ccoc43)c2o1. The quantitative estimate of drug-likeness (QED) is 0.383. The lowest BCUT2D eigenvalue weighted by Gasteiger charge is -2.02. The first kappa shape index (κ1) is 9.28. The van der Waals surface area contributed by atoms with Crippen LogP contribution in [0.3, 0.4) is 0 Å². The van der Waals surface area contributed by atoms with Crippen molar-refractivity contribution in [2.24, 2.45) is 0 Å². The molecule has 0 N–H and O–H groups in total. The molecule has 5 aromatic rings. The van der Waals surface area contributed by atoms with Crippen LogP contribution in [0.4, 0.5) is 0 Å². The first-order valence-electron chi connectivity index (χ1n) is 6.10. The fourth-order valence-corrected chi connectivity index (χ4v) is 2.89. The van der Waals surface area contributed by atoms with Gasteiger partial charge in [-0.2, -0.15) is 0 Å². The van der Waals surface area contributed by atoms with E-state index in [0.29, 0.717) is 0 Å². The van der Waals surface area contributed by atoms with Gasteiger partial charge in [0.25, 0.3) is 0 Å². The summed E-state index contributed by atoms with van der Waals surface area (Å²) in [6.07, 6.45) is 5.12. The van der Waals surface area contributed by atoms with Crippen LogP contribution in [0.15, 0.2) is 62.4 Å². The Labute approximate surface area is 107 Å².